The molecule has 0 unspecified atom stereocenters. The standard InChI is InChI=1S/C16H27N3O/c1-9(2)15-18-10(3)13(16(4,5)6)12-7-11(14(17)20)8-19(12)15/h9-11H,7-8H2,1-6H3,(H2,17,20)/t10-,11-/m0/s1. The van der Waals surface area contributed by atoms with Crippen molar-refractivity contribution in [3.8, 4) is 0 Å². The average molecular weight is 277 g/mol. The lowest BCUT2D eigenvalue weighted by Gasteiger charge is -2.38. The molecular weight excluding hydrogens is 250 g/mol. The number of hydrogen-bond acceptors (Lipinski definition) is 3. The zero-order valence-electron chi connectivity index (χ0n) is 13.5. The predicted molar refractivity (Wildman–Crippen MR) is 82.2 cm³/mol. The largest absolute Gasteiger partial charge is 0.369 e. The summed E-state index contributed by atoms with van der Waals surface area (Å²) in [5.74, 6) is 1.18. The highest BCUT2D eigenvalue weighted by Crippen LogP contribution is 2.42. The minimum atomic E-state index is -0.198. The second-order valence-electron chi connectivity index (χ2n) is 7.34. The van der Waals surface area contributed by atoms with E-state index in [-0.39, 0.29) is 23.3 Å². The molecule has 20 heavy (non-hydrogen) atoms. The van der Waals surface area contributed by atoms with E-state index in [4.69, 9.17) is 10.7 Å². The second kappa shape index (κ2) is 4.90. The molecule has 1 fully saturated rings. The molecule has 0 spiro atoms. The number of amides is 1. The molecule has 1 saturated heterocycles. The second-order valence-corrected chi connectivity index (χ2v) is 7.34. The van der Waals surface area contributed by atoms with E-state index in [1.165, 1.54) is 11.3 Å². The van der Waals surface area contributed by atoms with Crippen LogP contribution in [0.5, 0.6) is 0 Å². The van der Waals surface area contributed by atoms with Gasteiger partial charge in [-0.15, -0.1) is 0 Å². The lowest BCUT2D eigenvalue weighted by atomic mass is 9.79. The maximum Gasteiger partial charge on any atom is 0.222 e. The lowest BCUT2D eigenvalue weighted by Crippen LogP contribution is -2.40. The average Bonchev–Trinajstić information content (AvgIpc) is 2.69. The molecule has 0 saturated carbocycles. The maximum absolute atomic E-state index is 11.6. The number of carbonyl (C=O) groups excluding carboxylic acids is 1. The fourth-order valence-corrected chi connectivity index (χ4v) is 3.51. The van der Waals surface area contributed by atoms with Gasteiger partial charge in [0.25, 0.3) is 0 Å². The lowest BCUT2D eigenvalue weighted by molar-refractivity contribution is -0.121. The van der Waals surface area contributed by atoms with Crippen molar-refractivity contribution in [2.24, 2.45) is 28.0 Å². The van der Waals surface area contributed by atoms with Gasteiger partial charge in [0.05, 0.1) is 12.0 Å². The third-order valence-corrected chi connectivity index (χ3v) is 4.23. The van der Waals surface area contributed by atoms with Gasteiger partial charge in [-0.2, -0.15) is 0 Å². The van der Waals surface area contributed by atoms with Gasteiger partial charge >= 0.3 is 0 Å². The fourth-order valence-electron chi connectivity index (χ4n) is 3.51. The summed E-state index contributed by atoms with van der Waals surface area (Å²) in [7, 11) is 0. The van der Waals surface area contributed by atoms with Crippen LogP contribution in [0.3, 0.4) is 0 Å². The number of primary amides is 1. The van der Waals surface area contributed by atoms with Gasteiger partial charge in [-0.3, -0.25) is 9.79 Å². The molecule has 0 aromatic carbocycles. The number of aliphatic imine (C=N–C) groups is 1. The summed E-state index contributed by atoms with van der Waals surface area (Å²) < 4.78 is 0. The normalized spacial score (nSPS) is 26.9. The number of allylic oxidation sites excluding steroid dienone is 1. The fraction of sp³-hybridized carbons (Fsp3) is 0.750. The summed E-state index contributed by atoms with van der Waals surface area (Å²) in [6.07, 6.45) is 0.762. The van der Waals surface area contributed by atoms with Crippen LogP contribution in [-0.4, -0.2) is 29.2 Å². The Morgan fingerprint density at radius 3 is 2.45 bits per heavy atom. The Labute approximate surface area is 122 Å². The van der Waals surface area contributed by atoms with Gasteiger partial charge in [-0.05, 0) is 17.9 Å². The Hall–Kier alpha value is -1.32. The van der Waals surface area contributed by atoms with Gasteiger partial charge in [0.15, 0.2) is 0 Å². The summed E-state index contributed by atoms with van der Waals surface area (Å²) in [6.45, 7) is 13.8. The first-order valence-corrected chi connectivity index (χ1v) is 7.51. The Kier molecular flexibility index (Phi) is 3.69. The molecule has 0 aromatic heterocycles. The molecule has 1 amide bonds. The quantitative estimate of drug-likeness (QED) is 0.843. The van der Waals surface area contributed by atoms with Gasteiger partial charge in [-0.25, -0.2) is 0 Å². The van der Waals surface area contributed by atoms with Gasteiger partial charge < -0.3 is 10.6 Å². The van der Waals surface area contributed by atoms with Gasteiger partial charge in [-0.1, -0.05) is 34.6 Å². The third kappa shape index (κ3) is 2.48. The first-order valence-electron chi connectivity index (χ1n) is 7.51. The van der Waals surface area contributed by atoms with Gasteiger partial charge in [0.2, 0.25) is 5.91 Å². The number of nitrogens with zero attached hydrogens (tertiary/aromatic N) is 2. The molecule has 0 aromatic rings. The van der Waals surface area contributed by atoms with E-state index in [9.17, 15) is 4.79 Å². The van der Waals surface area contributed by atoms with E-state index >= 15 is 0 Å². The first-order chi connectivity index (χ1) is 9.12. The zero-order valence-corrected chi connectivity index (χ0v) is 13.5. The van der Waals surface area contributed by atoms with E-state index in [1.54, 1.807) is 0 Å². The molecule has 2 aliphatic rings. The summed E-state index contributed by atoms with van der Waals surface area (Å²) in [4.78, 5) is 18.7. The topological polar surface area (TPSA) is 58.7 Å². The van der Waals surface area contributed by atoms with E-state index < -0.39 is 0 Å². The molecule has 0 aliphatic carbocycles. The molecule has 4 heteroatoms. The number of nitrogens with two attached hydrogens (primary N) is 1. The zero-order chi connectivity index (χ0) is 15.2. The number of hydrogen-bond donors (Lipinski definition) is 1. The smallest absolute Gasteiger partial charge is 0.222 e. The molecule has 0 radical (unpaired) electrons. The van der Waals surface area contributed by atoms with Crippen LogP contribution in [-0.2, 0) is 4.79 Å². The Morgan fingerprint density at radius 1 is 1.40 bits per heavy atom. The van der Waals surface area contributed by atoms with Crippen LogP contribution in [0.1, 0.15) is 48.0 Å². The minimum Gasteiger partial charge on any atom is -0.369 e. The van der Waals surface area contributed by atoms with Crippen molar-refractivity contribution in [1.82, 2.24) is 4.90 Å². The number of fused-ring (bicyclic) bond motifs is 1. The van der Waals surface area contributed by atoms with Crippen LogP contribution < -0.4 is 5.73 Å². The van der Waals surface area contributed by atoms with Crippen LogP contribution in [0.4, 0.5) is 0 Å². The highest BCUT2D eigenvalue weighted by atomic mass is 16.1. The van der Waals surface area contributed by atoms with Crippen molar-refractivity contribution in [2.75, 3.05) is 6.54 Å². The highest BCUT2D eigenvalue weighted by molar-refractivity contribution is 5.89. The van der Waals surface area contributed by atoms with E-state index in [0.29, 0.717) is 12.5 Å². The van der Waals surface area contributed by atoms with Crippen molar-refractivity contribution < 1.29 is 4.79 Å². The maximum atomic E-state index is 11.6. The number of amidine groups is 1. The van der Waals surface area contributed by atoms with Crippen molar-refractivity contribution >= 4 is 11.7 Å². The van der Waals surface area contributed by atoms with E-state index in [0.717, 1.165) is 12.3 Å². The van der Waals surface area contributed by atoms with Crippen LogP contribution in [0.25, 0.3) is 0 Å². The molecule has 2 N–H and O–H groups in total. The first kappa shape index (κ1) is 15.1. The number of carbonyl (C=O) groups is 1. The number of rotatable bonds is 2. The SMILES string of the molecule is CC(C)C1=N[C@@H](C)C(C(C)(C)C)=C2C[C@H](C(N)=O)CN12. The van der Waals surface area contributed by atoms with Crippen LogP contribution >= 0.6 is 0 Å². The molecular formula is C16H27N3O. The van der Waals surface area contributed by atoms with Crippen LogP contribution in [0.15, 0.2) is 16.3 Å². The van der Waals surface area contributed by atoms with Crippen molar-refractivity contribution in [3.63, 3.8) is 0 Å². The van der Waals surface area contributed by atoms with Crippen molar-refractivity contribution in [2.45, 2.75) is 54.0 Å². The molecule has 2 atom stereocenters. The van der Waals surface area contributed by atoms with Gasteiger partial charge in [0.1, 0.15) is 5.84 Å². The Bertz CT molecular complexity index is 482. The van der Waals surface area contributed by atoms with E-state index in [1.807, 2.05) is 0 Å². The molecule has 112 valence electrons. The predicted octanol–water partition coefficient (Wildman–Crippen LogP) is 2.55. The van der Waals surface area contributed by atoms with Gasteiger partial charge in [0, 0.05) is 24.6 Å². The summed E-state index contributed by atoms with van der Waals surface area (Å²) in [5, 5.41) is 0. The summed E-state index contributed by atoms with van der Waals surface area (Å²) in [6, 6.07) is 0.185. The molecule has 2 aliphatic heterocycles. The molecule has 2 heterocycles. The van der Waals surface area contributed by atoms with Crippen LogP contribution in [0.2, 0.25) is 0 Å². The third-order valence-electron chi connectivity index (χ3n) is 4.23. The van der Waals surface area contributed by atoms with Crippen molar-refractivity contribution in [3.05, 3.63) is 11.3 Å². The van der Waals surface area contributed by atoms with Crippen molar-refractivity contribution in [1.29, 1.82) is 0 Å². The highest BCUT2D eigenvalue weighted by Gasteiger charge is 2.41. The monoisotopic (exact) mass is 277 g/mol. The minimum absolute atomic E-state index is 0.0611. The Morgan fingerprint density at radius 2 is 2.00 bits per heavy atom. The van der Waals surface area contributed by atoms with Crippen LogP contribution in [0, 0.1) is 17.3 Å². The summed E-state index contributed by atoms with van der Waals surface area (Å²) in [5.41, 5.74) is 8.23. The van der Waals surface area contributed by atoms with E-state index in [2.05, 4.69) is 46.4 Å². The summed E-state index contributed by atoms with van der Waals surface area (Å²) >= 11 is 0. The molecule has 0 bridgehead atoms. The Balaban J connectivity index is 2.50. The molecule has 2 rings (SSSR count). The molecule has 4 nitrogen and oxygen atoms in total.